The van der Waals surface area contributed by atoms with Gasteiger partial charge in [-0.2, -0.15) is 10.1 Å². The van der Waals surface area contributed by atoms with Gasteiger partial charge in [-0.05, 0) is 30.7 Å². The van der Waals surface area contributed by atoms with Crippen LogP contribution in [-0.4, -0.2) is 31.3 Å². The second-order valence-corrected chi connectivity index (χ2v) is 5.64. The summed E-state index contributed by atoms with van der Waals surface area (Å²) in [4.78, 5) is 17.5. The summed E-state index contributed by atoms with van der Waals surface area (Å²) in [6.07, 6.45) is 4.55. The maximum atomic E-state index is 10.5. The second-order valence-electron chi connectivity index (χ2n) is 5.64. The van der Waals surface area contributed by atoms with Crippen molar-refractivity contribution < 1.29 is 9.34 Å². The molecule has 27 heavy (non-hydrogen) atoms. The number of furan rings is 1. The fourth-order valence-corrected chi connectivity index (χ4v) is 2.60. The van der Waals surface area contributed by atoms with Crippen LogP contribution in [0.1, 0.15) is 11.3 Å². The summed E-state index contributed by atoms with van der Waals surface area (Å²) in [7, 11) is 0. The summed E-state index contributed by atoms with van der Waals surface area (Å²) in [5.41, 5.74) is 6.07. The molecule has 2 N–H and O–H groups in total. The van der Waals surface area contributed by atoms with Crippen molar-refractivity contribution in [3.8, 4) is 0 Å². The summed E-state index contributed by atoms with van der Waals surface area (Å²) < 4.78 is 4.99. The number of hydrazone groups is 1. The van der Waals surface area contributed by atoms with Crippen molar-refractivity contribution in [2.45, 2.75) is 6.92 Å². The highest BCUT2D eigenvalue weighted by Gasteiger charge is 2.10. The lowest BCUT2D eigenvalue weighted by Crippen LogP contribution is -1.98. The highest BCUT2D eigenvalue weighted by molar-refractivity contribution is 6.04. The van der Waals surface area contributed by atoms with Crippen LogP contribution < -0.4 is 5.43 Å². The lowest BCUT2D eigenvalue weighted by atomic mass is 10.1. The number of aryl methyl sites for hydroxylation is 1. The van der Waals surface area contributed by atoms with Gasteiger partial charge in [-0.3, -0.25) is 10.1 Å². The van der Waals surface area contributed by atoms with Crippen molar-refractivity contribution in [1.29, 1.82) is 0 Å². The van der Waals surface area contributed by atoms with Gasteiger partial charge in [-0.25, -0.2) is 5.43 Å². The molecule has 0 aliphatic rings. The van der Waals surface area contributed by atoms with Gasteiger partial charge in [0.05, 0.1) is 11.6 Å². The highest BCUT2D eigenvalue weighted by Crippen LogP contribution is 2.24. The predicted octanol–water partition coefficient (Wildman–Crippen LogP) is 3.43. The Morgan fingerprint density at radius 1 is 1.30 bits per heavy atom. The van der Waals surface area contributed by atoms with Gasteiger partial charge in [0.15, 0.2) is 5.65 Å². The molecule has 4 rings (SSSR count). The van der Waals surface area contributed by atoms with Gasteiger partial charge in [0.25, 0.3) is 5.95 Å². The van der Waals surface area contributed by atoms with Gasteiger partial charge < -0.3 is 9.40 Å². The van der Waals surface area contributed by atoms with Crippen molar-refractivity contribution >= 4 is 46.2 Å². The zero-order valence-corrected chi connectivity index (χ0v) is 14.1. The number of aromatic nitrogens is 4. The van der Waals surface area contributed by atoms with E-state index in [0.717, 1.165) is 16.5 Å². The van der Waals surface area contributed by atoms with Crippen molar-refractivity contribution in [3.05, 3.63) is 57.8 Å². The number of hydrogen-bond donors (Lipinski definition) is 2. The first-order valence-electron chi connectivity index (χ1n) is 7.93. The molecule has 0 bridgehead atoms. The van der Waals surface area contributed by atoms with Crippen LogP contribution in [0.15, 0.2) is 45.9 Å². The number of nitrogens with one attached hydrogen (secondary N) is 2. The van der Waals surface area contributed by atoms with E-state index < -0.39 is 4.92 Å². The van der Waals surface area contributed by atoms with E-state index in [2.05, 4.69) is 30.7 Å². The molecule has 0 atom stereocenters. The predicted molar refractivity (Wildman–Crippen MR) is 100 cm³/mol. The maximum Gasteiger partial charge on any atom is 0.433 e. The van der Waals surface area contributed by atoms with Crippen LogP contribution in [0.4, 0.5) is 11.8 Å². The second kappa shape index (κ2) is 6.67. The molecule has 4 aromatic rings. The van der Waals surface area contributed by atoms with E-state index in [0.29, 0.717) is 16.9 Å². The molecule has 3 aromatic heterocycles. The third-order valence-corrected chi connectivity index (χ3v) is 3.84. The third-order valence-electron chi connectivity index (χ3n) is 3.84. The molecule has 0 amide bonds. The number of aromatic amines is 1. The summed E-state index contributed by atoms with van der Waals surface area (Å²) in [6.45, 7) is 2.01. The van der Waals surface area contributed by atoms with E-state index in [1.165, 1.54) is 18.3 Å². The van der Waals surface area contributed by atoms with E-state index in [1.54, 1.807) is 12.2 Å². The largest absolute Gasteiger partial charge is 0.433 e. The number of H-pyrrole nitrogens is 1. The SMILES string of the molecule is Cc1cccc2c1[nH]c1nc(N/N=C/C=C/c3ccc([N+](=O)[O-])o3)nnc12. The summed E-state index contributed by atoms with van der Waals surface area (Å²) in [6, 6.07) is 8.71. The zero-order valence-electron chi connectivity index (χ0n) is 14.1. The average Bonchev–Trinajstić information content (AvgIpc) is 3.27. The molecule has 0 saturated heterocycles. The Kier molecular flexibility index (Phi) is 4.05. The fraction of sp³-hybridized carbons (Fsp3) is 0.0588. The Morgan fingerprint density at radius 2 is 2.19 bits per heavy atom. The minimum Gasteiger partial charge on any atom is -0.401 e. The zero-order chi connectivity index (χ0) is 18.8. The molecule has 0 spiro atoms. The Bertz CT molecular complexity index is 1210. The fourth-order valence-electron chi connectivity index (χ4n) is 2.60. The first-order valence-corrected chi connectivity index (χ1v) is 7.93. The molecule has 0 unspecified atom stereocenters. The molecule has 134 valence electrons. The molecule has 10 heteroatoms. The van der Waals surface area contributed by atoms with Crippen LogP contribution in [0.2, 0.25) is 0 Å². The van der Waals surface area contributed by atoms with Crippen molar-refractivity contribution in [2.24, 2.45) is 5.10 Å². The molecule has 3 heterocycles. The molecular formula is C17H13N7O3. The van der Waals surface area contributed by atoms with Crippen LogP contribution in [0.25, 0.3) is 28.1 Å². The van der Waals surface area contributed by atoms with Gasteiger partial charge in [0.2, 0.25) is 0 Å². The van der Waals surface area contributed by atoms with Crippen LogP contribution >= 0.6 is 0 Å². The Labute approximate surface area is 151 Å². The van der Waals surface area contributed by atoms with Crippen molar-refractivity contribution in [1.82, 2.24) is 20.2 Å². The van der Waals surface area contributed by atoms with Gasteiger partial charge in [-0.1, -0.05) is 18.2 Å². The number of benzene rings is 1. The molecule has 0 aliphatic carbocycles. The Balaban J connectivity index is 1.47. The average molecular weight is 363 g/mol. The van der Waals surface area contributed by atoms with E-state index >= 15 is 0 Å². The summed E-state index contributed by atoms with van der Waals surface area (Å²) in [5, 5.41) is 23.7. The lowest BCUT2D eigenvalue weighted by Gasteiger charge is -1.95. The quantitative estimate of drug-likeness (QED) is 0.315. The smallest absolute Gasteiger partial charge is 0.401 e. The maximum absolute atomic E-state index is 10.5. The summed E-state index contributed by atoms with van der Waals surface area (Å²) >= 11 is 0. The number of fused-ring (bicyclic) bond motifs is 3. The van der Waals surface area contributed by atoms with Crippen LogP contribution in [0, 0.1) is 17.0 Å². The number of nitrogens with zero attached hydrogens (tertiary/aromatic N) is 5. The highest BCUT2D eigenvalue weighted by atomic mass is 16.6. The van der Waals surface area contributed by atoms with Crippen LogP contribution in [-0.2, 0) is 0 Å². The lowest BCUT2D eigenvalue weighted by molar-refractivity contribution is -0.402. The van der Waals surface area contributed by atoms with Crippen LogP contribution in [0.3, 0.4) is 0 Å². The molecule has 0 fully saturated rings. The minimum absolute atomic E-state index is 0.241. The molecule has 0 saturated carbocycles. The van der Waals surface area contributed by atoms with E-state index in [1.807, 2.05) is 25.1 Å². The number of rotatable bonds is 5. The number of nitro groups is 1. The molecule has 0 radical (unpaired) electrons. The first kappa shape index (κ1) is 16.4. The monoisotopic (exact) mass is 363 g/mol. The van der Waals surface area contributed by atoms with Crippen LogP contribution in [0.5, 0.6) is 0 Å². The third kappa shape index (κ3) is 3.23. The van der Waals surface area contributed by atoms with Gasteiger partial charge in [0.1, 0.15) is 16.2 Å². The molecule has 10 nitrogen and oxygen atoms in total. The normalized spacial score (nSPS) is 11.9. The van der Waals surface area contributed by atoms with E-state index in [-0.39, 0.29) is 11.8 Å². The number of para-hydroxylation sites is 1. The Morgan fingerprint density at radius 3 is 3.00 bits per heavy atom. The van der Waals surface area contributed by atoms with Gasteiger partial charge in [0, 0.05) is 11.6 Å². The summed E-state index contributed by atoms with van der Waals surface area (Å²) in [5.74, 6) is 0.275. The first-order chi connectivity index (χ1) is 13.1. The number of hydrogen-bond acceptors (Lipinski definition) is 8. The molecular weight excluding hydrogens is 350 g/mol. The van der Waals surface area contributed by atoms with Gasteiger partial charge in [-0.15, -0.1) is 10.2 Å². The molecule has 1 aromatic carbocycles. The standard InChI is InChI=1S/C17H13N7O3/c1-10-4-2-6-12-14(10)19-16-15(12)21-23-17(20-16)22-18-9-3-5-11-7-8-13(27-11)24(25)26/h2-9H,1H3,(H2,19,20,22,23)/b5-3+,18-9+. The minimum atomic E-state index is -0.598. The van der Waals surface area contributed by atoms with Crippen molar-refractivity contribution in [3.63, 3.8) is 0 Å². The van der Waals surface area contributed by atoms with Gasteiger partial charge >= 0.3 is 5.88 Å². The van der Waals surface area contributed by atoms with E-state index in [9.17, 15) is 10.1 Å². The van der Waals surface area contributed by atoms with E-state index in [4.69, 9.17) is 4.42 Å². The van der Waals surface area contributed by atoms with Crippen molar-refractivity contribution in [2.75, 3.05) is 5.43 Å². The number of anilines is 1. The molecule has 0 aliphatic heterocycles. The number of allylic oxidation sites excluding steroid dienone is 1. The topological polar surface area (TPSA) is 135 Å². The Hall–Kier alpha value is -4.08.